The minimum absolute atomic E-state index is 0.131. The number of hydrogen-bond acceptors (Lipinski definition) is 4. The summed E-state index contributed by atoms with van der Waals surface area (Å²) in [6.07, 6.45) is 8.81. The van der Waals surface area contributed by atoms with Crippen LogP contribution < -0.4 is 4.74 Å². The maximum absolute atomic E-state index is 12.1. The Hall–Kier alpha value is -2.36. The molecule has 0 fully saturated rings. The van der Waals surface area contributed by atoms with Gasteiger partial charge in [-0.1, -0.05) is 75.4 Å². The Morgan fingerprint density at radius 2 is 1.43 bits per heavy atom. The Morgan fingerprint density at radius 3 is 2.25 bits per heavy atom. The molecular formula is C24H32O4. The first-order valence-corrected chi connectivity index (χ1v) is 10.5. The summed E-state index contributed by atoms with van der Waals surface area (Å²) in [5.41, 5.74) is 0. The van der Waals surface area contributed by atoms with Gasteiger partial charge in [-0.25, -0.2) is 0 Å². The van der Waals surface area contributed by atoms with Crippen LogP contribution in [0.5, 0.6) is 5.75 Å². The van der Waals surface area contributed by atoms with Crippen LogP contribution in [0.25, 0.3) is 10.8 Å². The number of unbranched alkanes of at least 4 members (excludes halogenated alkanes) is 6. The van der Waals surface area contributed by atoms with Crippen LogP contribution in [-0.4, -0.2) is 18.5 Å². The van der Waals surface area contributed by atoms with Crippen molar-refractivity contribution < 1.29 is 19.1 Å². The molecule has 0 aromatic heterocycles. The zero-order valence-corrected chi connectivity index (χ0v) is 17.0. The molecule has 0 aliphatic heterocycles. The first kappa shape index (κ1) is 21.9. The van der Waals surface area contributed by atoms with Gasteiger partial charge in [0.2, 0.25) is 0 Å². The molecule has 0 saturated carbocycles. The fourth-order valence-electron chi connectivity index (χ4n) is 3.14. The maximum atomic E-state index is 12.1. The molecule has 4 heteroatoms. The number of rotatable bonds is 13. The Kier molecular flexibility index (Phi) is 10.1. The quantitative estimate of drug-likeness (QED) is 0.234. The molecule has 0 heterocycles. The maximum Gasteiger partial charge on any atom is 0.311 e. The Labute approximate surface area is 168 Å². The van der Waals surface area contributed by atoms with Gasteiger partial charge in [-0.3, -0.25) is 9.59 Å². The van der Waals surface area contributed by atoms with Crippen molar-refractivity contribution in [3.05, 3.63) is 42.5 Å². The van der Waals surface area contributed by atoms with Gasteiger partial charge in [0.25, 0.3) is 0 Å². The van der Waals surface area contributed by atoms with Crippen molar-refractivity contribution in [3.8, 4) is 5.75 Å². The third kappa shape index (κ3) is 8.12. The predicted octanol–water partition coefficient (Wildman–Crippen LogP) is 6.21. The summed E-state index contributed by atoms with van der Waals surface area (Å²) < 4.78 is 10.8. The third-order valence-corrected chi connectivity index (χ3v) is 4.75. The van der Waals surface area contributed by atoms with Gasteiger partial charge in [0.1, 0.15) is 5.75 Å². The molecule has 4 nitrogen and oxygen atoms in total. The van der Waals surface area contributed by atoms with Gasteiger partial charge in [-0.05, 0) is 30.7 Å². The van der Waals surface area contributed by atoms with E-state index in [1.165, 1.54) is 19.3 Å². The molecule has 0 radical (unpaired) electrons. The van der Waals surface area contributed by atoms with Crippen molar-refractivity contribution in [3.63, 3.8) is 0 Å². The van der Waals surface area contributed by atoms with Crippen molar-refractivity contribution in [1.82, 2.24) is 0 Å². The predicted molar refractivity (Wildman–Crippen MR) is 112 cm³/mol. The fourth-order valence-corrected chi connectivity index (χ4v) is 3.14. The molecule has 0 spiro atoms. The van der Waals surface area contributed by atoms with Gasteiger partial charge in [-0.2, -0.15) is 0 Å². The van der Waals surface area contributed by atoms with Crippen LogP contribution in [0.3, 0.4) is 0 Å². The number of esters is 2. The smallest absolute Gasteiger partial charge is 0.311 e. The monoisotopic (exact) mass is 384 g/mol. The molecule has 2 aromatic carbocycles. The van der Waals surface area contributed by atoms with Gasteiger partial charge >= 0.3 is 11.9 Å². The number of benzene rings is 2. The number of ether oxygens (including phenoxy) is 2. The van der Waals surface area contributed by atoms with Gasteiger partial charge < -0.3 is 9.47 Å². The van der Waals surface area contributed by atoms with Crippen LogP contribution in [-0.2, 0) is 14.3 Å². The van der Waals surface area contributed by atoms with E-state index in [0.717, 1.165) is 36.5 Å². The SMILES string of the molecule is CCCCCCCOC(=O)CCCCCC(=O)Oc1cccc2ccccc12. The molecule has 2 aromatic rings. The highest BCUT2D eigenvalue weighted by atomic mass is 16.5. The first-order valence-electron chi connectivity index (χ1n) is 10.5. The molecule has 0 bridgehead atoms. The molecule has 2 rings (SSSR count). The lowest BCUT2D eigenvalue weighted by Crippen LogP contribution is -2.08. The number of fused-ring (bicyclic) bond motifs is 1. The van der Waals surface area contributed by atoms with E-state index < -0.39 is 0 Å². The first-order chi connectivity index (χ1) is 13.7. The van der Waals surface area contributed by atoms with E-state index in [1.807, 2.05) is 42.5 Å². The second kappa shape index (κ2) is 12.9. The number of hydrogen-bond donors (Lipinski definition) is 0. The van der Waals surface area contributed by atoms with E-state index in [9.17, 15) is 9.59 Å². The molecule has 0 amide bonds. The highest BCUT2D eigenvalue weighted by Gasteiger charge is 2.08. The Bertz CT molecular complexity index is 733. The molecule has 0 atom stereocenters. The van der Waals surface area contributed by atoms with Crippen LogP contribution in [0.15, 0.2) is 42.5 Å². The zero-order valence-electron chi connectivity index (χ0n) is 17.0. The molecule has 0 unspecified atom stereocenters. The average Bonchev–Trinajstić information content (AvgIpc) is 2.70. The van der Waals surface area contributed by atoms with Crippen LogP contribution in [0.1, 0.15) is 71.1 Å². The van der Waals surface area contributed by atoms with Crippen LogP contribution in [0, 0.1) is 0 Å². The van der Waals surface area contributed by atoms with E-state index in [-0.39, 0.29) is 11.9 Å². The van der Waals surface area contributed by atoms with Gasteiger partial charge in [0, 0.05) is 18.2 Å². The Morgan fingerprint density at radius 1 is 0.750 bits per heavy atom. The van der Waals surface area contributed by atoms with Gasteiger partial charge in [0.15, 0.2) is 0 Å². The number of carbonyl (C=O) groups is 2. The van der Waals surface area contributed by atoms with Gasteiger partial charge in [0.05, 0.1) is 6.61 Å². The second-order valence-electron chi connectivity index (χ2n) is 7.15. The summed E-state index contributed by atoms with van der Waals surface area (Å²) >= 11 is 0. The van der Waals surface area contributed by atoms with Crippen molar-refractivity contribution in [2.75, 3.05) is 6.61 Å². The largest absolute Gasteiger partial charge is 0.466 e. The molecule has 0 saturated heterocycles. The summed E-state index contributed by atoms with van der Waals surface area (Å²) in [7, 11) is 0. The average molecular weight is 385 g/mol. The van der Waals surface area contributed by atoms with E-state index in [0.29, 0.717) is 31.6 Å². The molecular weight excluding hydrogens is 352 g/mol. The minimum atomic E-state index is -0.231. The topological polar surface area (TPSA) is 52.6 Å². The highest BCUT2D eigenvalue weighted by molar-refractivity contribution is 5.90. The lowest BCUT2D eigenvalue weighted by atomic mass is 10.1. The summed E-state index contributed by atoms with van der Waals surface area (Å²) in [6.45, 7) is 2.71. The summed E-state index contributed by atoms with van der Waals surface area (Å²) in [5.74, 6) is 0.241. The van der Waals surface area contributed by atoms with E-state index >= 15 is 0 Å². The molecule has 0 aliphatic carbocycles. The second-order valence-corrected chi connectivity index (χ2v) is 7.15. The summed E-state index contributed by atoms with van der Waals surface area (Å²) in [6, 6.07) is 13.6. The van der Waals surface area contributed by atoms with Crippen molar-refractivity contribution in [1.29, 1.82) is 0 Å². The molecule has 28 heavy (non-hydrogen) atoms. The highest BCUT2D eigenvalue weighted by Crippen LogP contribution is 2.25. The fraction of sp³-hybridized carbons (Fsp3) is 0.500. The molecule has 0 aliphatic rings. The van der Waals surface area contributed by atoms with E-state index in [2.05, 4.69) is 6.92 Å². The Balaban J connectivity index is 1.56. The molecule has 152 valence electrons. The normalized spacial score (nSPS) is 10.8. The minimum Gasteiger partial charge on any atom is -0.466 e. The van der Waals surface area contributed by atoms with Crippen molar-refractivity contribution >= 4 is 22.7 Å². The number of carbonyl (C=O) groups excluding carboxylic acids is 2. The van der Waals surface area contributed by atoms with Crippen LogP contribution in [0.2, 0.25) is 0 Å². The lowest BCUT2D eigenvalue weighted by molar-refractivity contribution is -0.143. The van der Waals surface area contributed by atoms with Gasteiger partial charge in [-0.15, -0.1) is 0 Å². The summed E-state index contributed by atoms with van der Waals surface area (Å²) in [5, 5.41) is 1.99. The third-order valence-electron chi connectivity index (χ3n) is 4.75. The standard InChI is InChI=1S/C24H32O4/c1-2-3-4-5-11-19-27-23(25)17-7-6-8-18-24(26)28-22-16-12-14-20-13-9-10-15-21(20)22/h9-10,12-16H,2-8,11,17-19H2,1H3. The summed E-state index contributed by atoms with van der Waals surface area (Å²) in [4.78, 5) is 23.8. The van der Waals surface area contributed by atoms with Crippen LogP contribution >= 0.6 is 0 Å². The molecule has 0 N–H and O–H groups in total. The van der Waals surface area contributed by atoms with E-state index in [4.69, 9.17) is 9.47 Å². The van der Waals surface area contributed by atoms with E-state index in [1.54, 1.807) is 0 Å². The lowest BCUT2D eigenvalue weighted by Gasteiger charge is -2.08. The van der Waals surface area contributed by atoms with Crippen molar-refractivity contribution in [2.45, 2.75) is 71.1 Å². The van der Waals surface area contributed by atoms with Crippen molar-refractivity contribution in [2.24, 2.45) is 0 Å². The zero-order chi connectivity index (χ0) is 20.0. The van der Waals surface area contributed by atoms with Crippen LogP contribution in [0.4, 0.5) is 0 Å².